The molecule has 0 saturated carbocycles. The number of hydrogen-bond donors (Lipinski definition) is 5. The Balaban J connectivity index is 0.000000152. The zero-order valence-electron chi connectivity index (χ0n) is 26.7. The molecule has 3 aliphatic rings. The van der Waals surface area contributed by atoms with E-state index in [1.807, 2.05) is 89.5 Å². The molecule has 236 valence electrons. The lowest BCUT2D eigenvalue weighted by Crippen LogP contribution is -2.36. The molecule has 1 aliphatic carbocycles. The molecule has 1 aromatic heterocycles. The highest BCUT2D eigenvalue weighted by molar-refractivity contribution is 6.13. The van der Waals surface area contributed by atoms with Crippen LogP contribution in [0.3, 0.4) is 0 Å². The Bertz CT molecular complexity index is 1980. The number of rotatable bonds is 3. The van der Waals surface area contributed by atoms with Crippen molar-refractivity contribution in [3.05, 3.63) is 112 Å². The minimum atomic E-state index is -0.137. The van der Waals surface area contributed by atoms with Crippen LogP contribution < -0.4 is 26.2 Å². The van der Waals surface area contributed by atoms with Crippen molar-refractivity contribution in [3.8, 4) is 33.9 Å². The number of H-pyrrole nitrogens is 1. The van der Waals surface area contributed by atoms with Gasteiger partial charge in [-0.05, 0) is 66.6 Å². The number of carbonyl (C=O) groups excluding carboxylic acids is 1. The van der Waals surface area contributed by atoms with Crippen molar-refractivity contribution in [1.82, 2.24) is 15.5 Å². The quantitative estimate of drug-likeness (QED) is 0.137. The minimum Gasteiger partial charge on any atom is -0.457 e. The van der Waals surface area contributed by atoms with Crippen LogP contribution in [0.4, 0.5) is 11.4 Å². The van der Waals surface area contributed by atoms with E-state index in [1.54, 1.807) is 12.2 Å². The van der Waals surface area contributed by atoms with Crippen LogP contribution in [0.25, 0.3) is 33.2 Å². The average Bonchev–Trinajstić information content (AvgIpc) is 3.43. The van der Waals surface area contributed by atoms with Gasteiger partial charge in [0.1, 0.15) is 11.5 Å². The van der Waals surface area contributed by atoms with Crippen molar-refractivity contribution in [2.24, 2.45) is 0 Å². The van der Waals surface area contributed by atoms with E-state index in [9.17, 15) is 9.59 Å². The highest BCUT2D eigenvalue weighted by Crippen LogP contribution is 2.48. The summed E-state index contributed by atoms with van der Waals surface area (Å²) >= 11 is 0. The summed E-state index contributed by atoms with van der Waals surface area (Å²) in [6, 6.07) is 23.7. The fourth-order valence-electron chi connectivity index (χ4n) is 5.91. The van der Waals surface area contributed by atoms with E-state index in [-0.39, 0.29) is 24.0 Å². The number of benzene rings is 4. The molecule has 0 bridgehead atoms. The predicted molar refractivity (Wildman–Crippen MR) is 186 cm³/mol. The molecule has 46 heavy (non-hydrogen) atoms. The number of fused-ring (bicyclic) bond motifs is 5. The molecule has 5 aromatic rings. The van der Waals surface area contributed by atoms with E-state index in [0.717, 1.165) is 67.3 Å². The lowest BCUT2D eigenvalue weighted by molar-refractivity contribution is 0.0941. The molecule has 8 rings (SSSR count). The Morgan fingerprint density at radius 2 is 1.61 bits per heavy atom. The Labute approximate surface area is 268 Å². The van der Waals surface area contributed by atoms with Gasteiger partial charge in [0.05, 0.1) is 17.7 Å². The highest BCUT2D eigenvalue weighted by atomic mass is 16.5. The van der Waals surface area contributed by atoms with Crippen molar-refractivity contribution in [2.45, 2.75) is 26.7 Å². The first-order valence-corrected chi connectivity index (χ1v) is 15.5. The van der Waals surface area contributed by atoms with Gasteiger partial charge < -0.3 is 25.8 Å². The second-order valence-corrected chi connectivity index (χ2v) is 10.5. The summed E-state index contributed by atoms with van der Waals surface area (Å²) < 4.78 is 5.96. The Kier molecular flexibility index (Phi) is 9.83. The van der Waals surface area contributed by atoms with E-state index < -0.39 is 0 Å². The number of ether oxygens (including phenoxy) is 1. The van der Waals surface area contributed by atoms with Crippen LogP contribution in [0.1, 0.15) is 48.2 Å². The number of aliphatic hydroxyl groups excluding tert-OH is 1. The van der Waals surface area contributed by atoms with Crippen LogP contribution in [0, 0.1) is 0 Å². The summed E-state index contributed by atoms with van der Waals surface area (Å²) in [5.41, 5.74) is 8.94. The van der Waals surface area contributed by atoms with Crippen molar-refractivity contribution >= 4 is 28.1 Å². The summed E-state index contributed by atoms with van der Waals surface area (Å²) in [7, 11) is 3.78. The van der Waals surface area contributed by atoms with Gasteiger partial charge >= 0.3 is 0 Å². The van der Waals surface area contributed by atoms with Crippen LogP contribution in [0.5, 0.6) is 11.5 Å². The van der Waals surface area contributed by atoms with Gasteiger partial charge in [-0.1, -0.05) is 50.3 Å². The van der Waals surface area contributed by atoms with Gasteiger partial charge in [0, 0.05) is 65.6 Å². The summed E-state index contributed by atoms with van der Waals surface area (Å²) in [6.07, 6.45) is 3.49. The molecule has 0 spiro atoms. The molecular weight excluding hydrogens is 578 g/mol. The van der Waals surface area contributed by atoms with E-state index in [1.165, 1.54) is 0 Å². The maximum absolute atomic E-state index is 12.0. The summed E-state index contributed by atoms with van der Waals surface area (Å²) in [4.78, 5) is 23.8. The van der Waals surface area contributed by atoms with E-state index in [2.05, 4.69) is 44.3 Å². The topological polar surface area (TPSA) is 128 Å². The Morgan fingerprint density at radius 3 is 2.33 bits per heavy atom. The molecular formula is C37H39N5O4. The number of aromatic nitrogens is 2. The number of nitrogens with one attached hydrogen (secondary N) is 4. The third-order valence-corrected chi connectivity index (χ3v) is 8.03. The van der Waals surface area contributed by atoms with Gasteiger partial charge in [-0.3, -0.25) is 9.59 Å². The zero-order valence-corrected chi connectivity index (χ0v) is 26.7. The number of anilines is 2. The molecule has 1 amide bonds. The fraction of sp³-hybridized carbons (Fsp3) is 0.216. The van der Waals surface area contributed by atoms with Gasteiger partial charge in [-0.15, -0.1) is 0 Å². The smallest absolute Gasteiger partial charge is 0.272 e. The first-order chi connectivity index (χ1) is 22.5. The summed E-state index contributed by atoms with van der Waals surface area (Å²) in [5, 5.41) is 25.7. The van der Waals surface area contributed by atoms with E-state index >= 15 is 0 Å². The number of nitrogens with zero attached hydrogens (tertiary/aromatic N) is 1. The first kappa shape index (κ1) is 32.0. The maximum atomic E-state index is 12.0. The number of amides is 1. The second-order valence-electron chi connectivity index (χ2n) is 10.5. The molecule has 9 heteroatoms. The van der Waals surface area contributed by atoms with E-state index in [0.29, 0.717) is 11.9 Å². The number of aromatic amines is 1. The molecule has 2 aliphatic heterocycles. The van der Waals surface area contributed by atoms with Gasteiger partial charge in [-0.2, -0.15) is 5.10 Å². The number of hydrogen-bond acceptors (Lipinski definition) is 7. The third-order valence-electron chi connectivity index (χ3n) is 8.03. The van der Waals surface area contributed by atoms with Crippen LogP contribution in [0.15, 0.2) is 89.7 Å². The lowest BCUT2D eigenvalue weighted by Gasteiger charge is -2.33. The van der Waals surface area contributed by atoms with Crippen LogP contribution in [0.2, 0.25) is 0 Å². The molecule has 1 atom stereocenters. The zero-order chi connectivity index (χ0) is 32.8. The number of carbonyl (C=O) groups is 1. The molecule has 3 heterocycles. The van der Waals surface area contributed by atoms with Crippen LogP contribution in [-0.2, 0) is 0 Å². The normalized spacial score (nSPS) is 14.0. The van der Waals surface area contributed by atoms with Crippen molar-refractivity contribution in [3.63, 3.8) is 0 Å². The van der Waals surface area contributed by atoms with Crippen molar-refractivity contribution in [2.75, 3.05) is 37.9 Å². The van der Waals surface area contributed by atoms with Crippen LogP contribution >= 0.6 is 0 Å². The molecule has 5 N–H and O–H groups in total. The largest absolute Gasteiger partial charge is 0.457 e. The van der Waals surface area contributed by atoms with Gasteiger partial charge in [0.15, 0.2) is 0 Å². The number of aliphatic hydroxyl groups is 1. The van der Waals surface area contributed by atoms with Gasteiger partial charge in [-0.25, -0.2) is 5.10 Å². The molecule has 0 radical (unpaired) electrons. The lowest BCUT2D eigenvalue weighted by atomic mass is 9.82. The van der Waals surface area contributed by atoms with Gasteiger partial charge in [0.2, 0.25) is 0 Å². The number of allylic oxidation sites excluding steroid dienone is 1. The summed E-state index contributed by atoms with van der Waals surface area (Å²) in [6.45, 7) is 6.65. The average molecular weight is 618 g/mol. The minimum absolute atomic E-state index is 0.0186. The maximum Gasteiger partial charge on any atom is 0.272 e. The fourth-order valence-corrected chi connectivity index (χ4v) is 5.91. The molecule has 0 saturated heterocycles. The highest BCUT2D eigenvalue weighted by Gasteiger charge is 2.35. The van der Waals surface area contributed by atoms with Gasteiger partial charge in [0.25, 0.3) is 11.5 Å². The molecule has 0 fully saturated rings. The van der Waals surface area contributed by atoms with Crippen molar-refractivity contribution < 1.29 is 14.6 Å². The first-order valence-electron chi connectivity index (χ1n) is 15.5. The molecule has 1 unspecified atom stereocenters. The standard InChI is InChI=1S/C16H14N2O2.C15H11N3O.C4H8O.C2H6/c1-17-9-5-6-13-11(7-9)12-8-18-16(19)10-3-2-4-14(20-13)15(10)12;1-16-8-5-6-9-10-3-2-4-11-13(10)14(12(9)7-8)17-18-15(11)19;1-2-3-4-5;1-2/h2-7,12,17H,8H2,1H3,(H,18,19);2-7,16H,1H3,(H,18,19);2-3,5H,4H2,1H3;1-2H3/b;;3-2-;. The Morgan fingerprint density at radius 1 is 0.891 bits per heavy atom. The third kappa shape index (κ3) is 5.84. The molecule has 9 nitrogen and oxygen atoms in total. The molecule has 4 aromatic carbocycles. The monoisotopic (exact) mass is 617 g/mol. The summed E-state index contributed by atoms with van der Waals surface area (Å²) in [5.74, 6) is 1.81. The van der Waals surface area contributed by atoms with Crippen LogP contribution in [-0.4, -0.2) is 48.5 Å². The van der Waals surface area contributed by atoms with Crippen molar-refractivity contribution in [1.29, 1.82) is 0 Å². The SMILES string of the molecule is C/C=C\CO.CC.CNc1ccc2c(c1)-c1n[nH]c(=O)c3cccc-2c13.CNc1ccc2c(c1)C1CNC(=O)c3cccc(c31)O2. The Hall–Kier alpha value is -5.41. The second kappa shape index (κ2) is 14.1. The van der Waals surface area contributed by atoms with E-state index in [4.69, 9.17) is 9.84 Å². The predicted octanol–water partition coefficient (Wildman–Crippen LogP) is 6.90.